The molecule has 21 heavy (non-hydrogen) atoms. The van der Waals surface area contributed by atoms with Crippen LogP contribution >= 0.6 is 0 Å². The molecule has 0 aromatic heterocycles. The van der Waals surface area contributed by atoms with Gasteiger partial charge in [-0.05, 0) is 6.92 Å². The van der Waals surface area contributed by atoms with Gasteiger partial charge in [0, 0.05) is 23.9 Å². The minimum atomic E-state index is -4.48. The molecule has 118 valence electrons. The van der Waals surface area contributed by atoms with Crippen LogP contribution in [-0.2, 0) is 9.53 Å². The van der Waals surface area contributed by atoms with Crippen molar-refractivity contribution in [1.29, 1.82) is 0 Å². The van der Waals surface area contributed by atoms with Crippen LogP contribution in [0.5, 0.6) is 11.5 Å². The molecule has 0 aliphatic carbocycles. The molecule has 1 atom stereocenters. The Balaban J connectivity index is 2.69. The van der Waals surface area contributed by atoms with E-state index >= 15 is 0 Å². The van der Waals surface area contributed by atoms with Crippen LogP contribution in [0, 0.1) is 0 Å². The minimum Gasteiger partial charge on any atom is -0.497 e. The van der Waals surface area contributed by atoms with Gasteiger partial charge in [-0.2, -0.15) is 13.2 Å². The first-order chi connectivity index (χ1) is 9.75. The maximum atomic E-state index is 12.0. The Morgan fingerprint density at radius 1 is 1.19 bits per heavy atom. The summed E-state index contributed by atoms with van der Waals surface area (Å²) in [6.45, 7) is -0.249. The average molecular weight is 307 g/mol. The minimum absolute atomic E-state index is 0.332. The second-order valence-corrected chi connectivity index (χ2v) is 4.16. The zero-order chi connectivity index (χ0) is 16.0. The van der Waals surface area contributed by atoms with Gasteiger partial charge in [-0.3, -0.25) is 4.79 Å². The summed E-state index contributed by atoms with van der Waals surface area (Å²) in [4.78, 5) is 11.7. The van der Waals surface area contributed by atoms with Gasteiger partial charge in [0.2, 0.25) is 0 Å². The van der Waals surface area contributed by atoms with Gasteiger partial charge < -0.3 is 19.5 Å². The highest BCUT2D eigenvalue weighted by atomic mass is 19.4. The molecule has 0 heterocycles. The molecule has 1 amide bonds. The Morgan fingerprint density at radius 2 is 1.71 bits per heavy atom. The molecule has 5 nitrogen and oxygen atoms in total. The number of anilines is 1. The number of carbonyl (C=O) groups is 1. The average Bonchev–Trinajstić information content (AvgIpc) is 2.43. The number of amides is 1. The molecule has 0 saturated carbocycles. The van der Waals surface area contributed by atoms with Crippen LogP contribution in [0.4, 0.5) is 18.9 Å². The Morgan fingerprint density at radius 3 is 2.14 bits per heavy atom. The van der Waals surface area contributed by atoms with Gasteiger partial charge in [0.05, 0.1) is 14.2 Å². The smallest absolute Gasteiger partial charge is 0.411 e. The molecule has 1 rings (SSSR count). The molecule has 0 radical (unpaired) electrons. The van der Waals surface area contributed by atoms with E-state index in [1.165, 1.54) is 33.3 Å². The zero-order valence-corrected chi connectivity index (χ0v) is 11.8. The molecule has 1 unspecified atom stereocenters. The van der Waals surface area contributed by atoms with E-state index in [-0.39, 0.29) is 0 Å². The Bertz CT molecular complexity index is 469. The summed E-state index contributed by atoms with van der Waals surface area (Å²) in [5.41, 5.74) is 0.332. The number of ether oxygens (including phenoxy) is 3. The third kappa shape index (κ3) is 5.90. The molecule has 0 fully saturated rings. The predicted molar refractivity (Wildman–Crippen MR) is 69.6 cm³/mol. The second-order valence-electron chi connectivity index (χ2n) is 4.16. The number of benzene rings is 1. The third-order valence-electron chi connectivity index (χ3n) is 2.49. The van der Waals surface area contributed by atoms with Crippen LogP contribution in [0.1, 0.15) is 6.92 Å². The van der Waals surface area contributed by atoms with Crippen molar-refractivity contribution in [3.05, 3.63) is 18.2 Å². The highest BCUT2D eigenvalue weighted by molar-refractivity contribution is 5.94. The molecule has 0 spiro atoms. The number of nitrogens with one attached hydrogen (secondary N) is 1. The van der Waals surface area contributed by atoms with Crippen molar-refractivity contribution >= 4 is 11.6 Å². The van der Waals surface area contributed by atoms with Gasteiger partial charge in [-0.15, -0.1) is 0 Å². The third-order valence-corrected chi connectivity index (χ3v) is 2.49. The number of alkyl halides is 3. The molecule has 1 aromatic rings. The molecular weight excluding hydrogens is 291 g/mol. The first kappa shape index (κ1) is 17.1. The second kappa shape index (κ2) is 7.16. The van der Waals surface area contributed by atoms with Gasteiger partial charge in [0.15, 0.2) is 0 Å². The molecule has 0 aliphatic heterocycles. The summed E-state index contributed by atoms with van der Waals surface area (Å²) in [5, 5.41) is 2.44. The fourth-order valence-corrected chi connectivity index (χ4v) is 1.42. The van der Waals surface area contributed by atoms with Crippen LogP contribution in [0.15, 0.2) is 18.2 Å². The molecule has 1 aromatic carbocycles. The van der Waals surface area contributed by atoms with E-state index in [4.69, 9.17) is 9.47 Å². The van der Waals surface area contributed by atoms with Crippen molar-refractivity contribution in [3.63, 3.8) is 0 Å². The van der Waals surface area contributed by atoms with Crippen LogP contribution in [0.2, 0.25) is 0 Å². The van der Waals surface area contributed by atoms with Crippen molar-refractivity contribution in [2.45, 2.75) is 19.2 Å². The number of methoxy groups -OCH3 is 2. The molecule has 0 bridgehead atoms. The van der Waals surface area contributed by atoms with Gasteiger partial charge in [0.1, 0.15) is 24.2 Å². The SMILES string of the molecule is COc1cc(NC(=O)C(C)OCC(F)(F)F)cc(OC)c1. The largest absolute Gasteiger partial charge is 0.497 e. The first-order valence-corrected chi connectivity index (χ1v) is 5.97. The lowest BCUT2D eigenvalue weighted by Gasteiger charge is -2.15. The molecule has 0 saturated heterocycles. The quantitative estimate of drug-likeness (QED) is 0.877. The highest BCUT2D eigenvalue weighted by Gasteiger charge is 2.29. The van der Waals surface area contributed by atoms with Crippen LogP contribution in [-0.4, -0.2) is 39.0 Å². The summed E-state index contributed by atoms with van der Waals surface area (Å²) >= 11 is 0. The lowest BCUT2D eigenvalue weighted by molar-refractivity contribution is -0.184. The standard InChI is InChI=1S/C13H16F3NO4/c1-8(21-7-13(14,15)16)12(18)17-9-4-10(19-2)6-11(5-9)20-3/h4-6,8H,7H2,1-3H3,(H,17,18). The highest BCUT2D eigenvalue weighted by Crippen LogP contribution is 2.26. The topological polar surface area (TPSA) is 56.8 Å². The van der Waals surface area contributed by atoms with Gasteiger partial charge in [-0.1, -0.05) is 0 Å². The van der Waals surface area contributed by atoms with E-state index < -0.39 is 24.8 Å². The molecule has 1 N–H and O–H groups in total. The van der Waals surface area contributed by atoms with Crippen molar-refractivity contribution in [3.8, 4) is 11.5 Å². The van der Waals surface area contributed by atoms with Gasteiger partial charge in [0.25, 0.3) is 5.91 Å². The normalized spacial score (nSPS) is 12.7. The lowest BCUT2D eigenvalue weighted by Crippen LogP contribution is -2.31. The fraction of sp³-hybridized carbons (Fsp3) is 0.462. The zero-order valence-electron chi connectivity index (χ0n) is 11.8. The molecule has 0 aliphatic rings. The van der Waals surface area contributed by atoms with Crippen molar-refractivity contribution in [2.75, 3.05) is 26.1 Å². The Hall–Kier alpha value is -1.96. The van der Waals surface area contributed by atoms with E-state index in [1.807, 2.05) is 0 Å². The summed E-state index contributed by atoms with van der Waals surface area (Å²) in [7, 11) is 2.88. The Labute approximate surface area is 120 Å². The maximum Gasteiger partial charge on any atom is 0.411 e. The number of hydrogen-bond acceptors (Lipinski definition) is 4. The Kier molecular flexibility index (Phi) is 5.83. The van der Waals surface area contributed by atoms with Crippen LogP contribution < -0.4 is 14.8 Å². The van der Waals surface area contributed by atoms with Gasteiger partial charge >= 0.3 is 6.18 Å². The van der Waals surface area contributed by atoms with E-state index in [0.29, 0.717) is 17.2 Å². The van der Waals surface area contributed by atoms with E-state index in [0.717, 1.165) is 0 Å². The summed E-state index contributed by atoms with van der Waals surface area (Å²) in [6.07, 6.45) is -5.72. The van der Waals surface area contributed by atoms with Crippen molar-refractivity contribution in [1.82, 2.24) is 0 Å². The number of hydrogen-bond donors (Lipinski definition) is 1. The van der Waals surface area contributed by atoms with Crippen molar-refractivity contribution in [2.24, 2.45) is 0 Å². The lowest BCUT2D eigenvalue weighted by atomic mass is 10.2. The van der Waals surface area contributed by atoms with E-state index in [1.54, 1.807) is 6.07 Å². The van der Waals surface area contributed by atoms with E-state index in [2.05, 4.69) is 10.1 Å². The summed E-state index contributed by atoms with van der Waals surface area (Å²) < 4.78 is 50.5. The maximum absolute atomic E-state index is 12.0. The van der Waals surface area contributed by atoms with E-state index in [9.17, 15) is 18.0 Å². The number of halogens is 3. The molecule has 8 heteroatoms. The number of rotatable bonds is 6. The van der Waals surface area contributed by atoms with Gasteiger partial charge in [-0.25, -0.2) is 0 Å². The molecular formula is C13H16F3NO4. The van der Waals surface area contributed by atoms with Crippen LogP contribution in [0.25, 0.3) is 0 Å². The monoisotopic (exact) mass is 307 g/mol. The van der Waals surface area contributed by atoms with Crippen molar-refractivity contribution < 1.29 is 32.2 Å². The summed E-state index contributed by atoms with van der Waals surface area (Å²) in [6, 6.07) is 4.62. The first-order valence-electron chi connectivity index (χ1n) is 5.97. The number of carbonyl (C=O) groups excluding carboxylic acids is 1. The van der Waals surface area contributed by atoms with Crippen LogP contribution in [0.3, 0.4) is 0 Å². The predicted octanol–water partition coefficient (Wildman–Crippen LogP) is 2.61. The summed E-state index contributed by atoms with van der Waals surface area (Å²) in [5.74, 6) is 0.177. The fourth-order valence-electron chi connectivity index (χ4n) is 1.42.